The lowest BCUT2D eigenvalue weighted by atomic mass is 9.79. The first-order valence-electron chi connectivity index (χ1n) is 10.6. The highest BCUT2D eigenvalue weighted by Crippen LogP contribution is 2.32. The molecule has 0 aromatic carbocycles. The summed E-state index contributed by atoms with van der Waals surface area (Å²) < 4.78 is 5.44. The summed E-state index contributed by atoms with van der Waals surface area (Å²) >= 11 is 0. The van der Waals surface area contributed by atoms with Crippen molar-refractivity contribution >= 4 is 11.8 Å². The fraction of sp³-hybridized carbons (Fsp3) is 0.905. The van der Waals surface area contributed by atoms with Crippen molar-refractivity contribution in [3.05, 3.63) is 0 Å². The Kier molecular flexibility index (Phi) is 8.55. The van der Waals surface area contributed by atoms with Crippen molar-refractivity contribution < 1.29 is 14.3 Å². The molecule has 0 radical (unpaired) electrons. The minimum atomic E-state index is 0.0970. The zero-order valence-corrected chi connectivity index (χ0v) is 17.9. The molecule has 2 fully saturated rings. The number of piperidine rings is 2. The van der Waals surface area contributed by atoms with Gasteiger partial charge in [-0.3, -0.25) is 14.5 Å². The standard InChI is InChI=1S/C21H39N3O3/c1-16(2)22(5)14-20(25)23-10-6-18(7-11-23)19-8-12-24(13-9-19)21(26)15-27-17(3)4/h16-19H,6-15H2,1-5H3. The summed E-state index contributed by atoms with van der Waals surface area (Å²) in [5.74, 6) is 1.77. The summed E-state index contributed by atoms with van der Waals surface area (Å²) in [5.41, 5.74) is 0. The second-order valence-electron chi connectivity index (χ2n) is 8.81. The Balaban J connectivity index is 1.70. The predicted molar refractivity (Wildman–Crippen MR) is 107 cm³/mol. The number of amides is 2. The highest BCUT2D eigenvalue weighted by molar-refractivity contribution is 5.78. The molecule has 0 aromatic rings. The number of hydrogen-bond donors (Lipinski definition) is 0. The monoisotopic (exact) mass is 381 g/mol. The molecule has 6 nitrogen and oxygen atoms in total. The molecule has 0 saturated carbocycles. The van der Waals surface area contributed by atoms with Crippen LogP contribution in [0.1, 0.15) is 53.4 Å². The highest BCUT2D eigenvalue weighted by Gasteiger charge is 2.32. The van der Waals surface area contributed by atoms with Gasteiger partial charge in [-0.2, -0.15) is 0 Å². The molecule has 27 heavy (non-hydrogen) atoms. The largest absolute Gasteiger partial charge is 0.369 e. The maximum atomic E-state index is 12.5. The molecule has 156 valence electrons. The Bertz CT molecular complexity index is 479. The fourth-order valence-electron chi connectivity index (χ4n) is 4.07. The van der Waals surface area contributed by atoms with Crippen molar-refractivity contribution in [3.8, 4) is 0 Å². The number of rotatable bonds is 7. The first kappa shape index (κ1) is 22.2. The van der Waals surface area contributed by atoms with Crippen LogP contribution >= 0.6 is 0 Å². The highest BCUT2D eigenvalue weighted by atomic mass is 16.5. The van der Waals surface area contributed by atoms with E-state index in [-0.39, 0.29) is 24.5 Å². The smallest absolute Gasteiger partial charge is 0.248 e. The molecular formula is C21H39N3O3. The summed E-state index contributed by atoms with van der Waals surface area (Å²) in [6.45, 7) is 12.3. The van der Waals surface area contributed by atoms with Crippen LogP contribution in [-0.4, -0.2) is 85.0 Å². The number of carbonyl (C=O) groups excluding carboxylic acids is 2. The molecule has 2 saturated heterocycles. The molecular weight excluding hydrogens is 342 g/mol. The minimum Gasteiger partial charge on any atom is -0.369 e. The quantitative estimate of drug-likeness (QED) is 0.679. The number of carbonyl (C=O) groups is 2. The number of nitrogens with zero attached hydrogens (tertiary/aromatic N) is 3. The van der Waals surface area contributed by atoms with Gasteiger partial charge in [-0.1, -0.05) is 0 Å². The van der Waals surface area contributed by atoms with E-state index in [9.17, 15) is 9.59 Å². The lowest BCUT2D eigenvalue weighted by Crippen LogP contribution is -2.47. The van der Waals surface area contributed by atoms with Crippen LogP contribution in [0, 0.1) is 11.8 Å². The molecule has 2 rings (SSSR count). The van der Waals surface area contributed by atoms with E-state index >= 15 is 0 Å². The Labute approximate surface area is 165 Å². The second kappa shape index (κ2) is 10.4. The third kappa shape index (κ3) is 6.75. The van der Waals surface area contributed by atoms with Gasteiger partial charge in [0.05, 0.1) is 12.6 Å². The van der Waals surface area contributed by atoms with Crippen LogP contribution in [0.15, 0.2) is 0 Å². The van der Waals surface area contributed by atoms with Crippen LogP contribution < -0.4 is 0 Å². The van der Waals surface area contributed by atoms with Crippen LogP contribution in [0.4, 0.5) is 0 Å². The fourth-order valence-corrected chi connectivity index (χ4v) is 4.07. The molecule has 0 atom stereocenters. The molecule has 0 bridgehead atoms. The minimum absolute atomic E-state index is 0.0970. The van der Waals surface area contributed by atoms with Gasteiger partial charge in [0.15, 0.2) is 0 Å². The van der Waals surface area contributed by atoms with Gasteiger partial charge in [-0.25, -0.2) is 0 Å². The van der Waals surface area contributed by atoms with Crippen LogP contribution in [0.5, 0.6) is 0 Å². The van der Waals surface area contributed by atoms with Gasteiger partial charge in [-0.15, -0.1) is 0 Å². The first-order valence-corrected chi connectivity index (χ1v) is 10.6. The van der Waals surface area contributed by atoms with Gasteiger partial charge in [-0.05, 0) is 72.3 Å². The van der Waals surface area contributed by atoms with Crippen molar-refractivity contribution in [2.24, 2.45) is 11.8 Å². The molecule has 2 aliphatic heterocycles. The van der Waals surface area contributed by atoms with E-state index < -0.39 is 0 Å². The van der Waals surface area contributed by atoms with Gasteiger partial charge in [0.2, 0.25) is 11.8 Å². The SMILES string of the molecule is CC(C)OCC(=O)N1CCC(C2CCN(C(=O)CN(C)C(C)C)CC2)CC1. The summed E-state index contributed by atoms with van der Waals surface area (Å²) in [6, 6.07) is 0.394. The summed E-state index contributed by atoms with van der Waals surface area (Å²) in [5, 5.41) is 0. The van der Waals surface area contributed by atoms with Crippen molar-refractivity contribution in [1.82, 2.24) is 14.7 Å². The van der Waals surface area contributed by atoms with Crippen molar-refractivity contribution in [2.45, 2.75) is 65.5 Å². The van der Waals surface area contributed by atoms with Gasteiger partial charge < -0.3 is 14.5 Å². The van der Waals surface area contributed by atoms with Crippen LogP contribution in [0.25, 0.3) is 0 Å². The Hall–Kier alpha value is -1.14. The summed E-state index contributed by atoms with van der Waals surface area (Å²) in [4.78, 5) is 30.7. The zero-order chi connectivity index (χ0) is 20.0. The third-order valence-corrected chi connectivity index (χ3v) is 6.26. The van der Waals surface area contributed by atoms with E-state index in [0.29, 0.717) is 24.4 Å². The topological polar surface area (TPSA) is 53.1 Å². The number of likely N-dealkylation sites (N-methyl/N-ethyl adjacent to an activating group) is 1. The molecule has 2 aliphatic rings. The molecule has 0 aliphatic carbocycles. The molecule has 0 aromatic heterocycles. The van der Waals surface area contributed by atoms with Crippen LogP contribution in [-0.2, 0) is 14.3 Å². The first-order chi connectivity index (χ1) is 12.8. The van der Waals surface area contributed by atoms with E-state index in [4.69, 9.17) is 4.74 Å². The number of hydrogen-bond acceptors (Lipinski definition) is 4. The predicted octanol–water partition coefficient (Wildman–Crippen LogP) is 2.23. The Morgan fingerprint density at radius 1 is 0.889 bits per heavy atom. The third-order valence-electron chi connectivity index (χ3n) is 6.26. The van der Waals surface area contributed by atoms with E-state index in [1.807, 2.05) is 30.7 Å². The van der Waals surface area contributed by atoms with E-state index in [0.717, 1.165) is 51.9 Å². The van der Waals surface area contributed by atoms with Crippen LogP contribution in [0.3, 0.4) is 0 Å². The molecule has 0 N–H and O–H groups in total. The van der Waals surface area contributed by atoms with E-state index in [2.05, 4.69) is 18.7 Å². The number of likely N-dealkylation sites (tertiary alicyclic amines) is 2. The summed E-state index contributed by atoms with van der Waals surface area (Å²) in [6.07, 6.45) is 4.47. The van der Waals surface area contributed by atoms with Crippen molar-refractivity contribution in [3.63, 3.8) is 0 Å². The average Bonchev–Trinajstić information content (AvgIpc) is 2.66. The zero-order valence-electron chi connectivity index (χ0n) is 17.9. The maximum Gasteiger partial charge on any atom is 0.248 e. The lowest BCUT2D eigenvalue weighted by Gasteiger charge is -2.40. The molecule has 0 spiro atoms. The molecule has 0 unspecified atom stereocenters. The van der Waals surface area contributed by atoms with Crippen molar-refractivity contribution in [2.75, 3.05) is 46.4 Å². The van der Waals surface area contributed by atoms with Gasteiger partial charge in [0.1, 0.15) is 6.61 Å². The molecule has 2 heterocycles. The van der Waals surface area contributed by atoms with Gasteiger partial charge in [0, 0.05) is 32.2 Å². The normalized spacial score (nSPS) is 20.1. The van der Waals surface area contributed by atoms with Gasteiger partial charge >= 0.3 is 0 Å². The van der Waals surface area contributed by atoms with E-state index in [1.54, 1.807) is 0 Å². The second-order valence-corrected chi connectivity index (χ2v) is 8.81. The average molecular weight is 382 g/mol. The maximum absolute atomic E-state index is 12.5. The summed E-state index contributed by atoms with van der Waals surface area (Å²) in [7, 11) is 2.01. The molecule has 2 amide bonds. The molecule has 6 heteroatoms. The van der Waals surface area contributed by atoms with Crippen molar-refractivity contribution in [1.29, 1.82) is 0 Å². The number of ether oxygens (including phenoxy) is 1. The lowest BCUT2D eigenvalue weighted by molar-refractivity contribution is -0.140. The van der Waals surface area contributed by atoms with E-state index in [1.165, 1.54) is 0 Å². The Morgan fingerprint density at radius 2 is 1.33 bits per heavy atom. The van der Waals surface area contributed by atoms with Crippen LogP contribution in [0.2, 0.25) is 0 Å². The van der Waals surface area contributed by atoms with Gasteiger partial charge in [0.25, 0.3) is 0 Å². The Morgan fingerprint density at radius 3 is 1.74 bits per heavy atom.